The van der Waals surface area contributed by atoms with Gasteiger partial charge in [-0.2, -0.15) is 5.26 Å². The molecule has 1 aliphatic heterocycles. The normalized spacial score (nSPS) is 18.8. The number of nitrogens with zero attached hydrogens (tertiary/aromatic N) is 3. The van der Waals surface area contributed by atoms with E-state index < -0.39 is 11.7 Å². The van der Waals surface area contributed by atoms with Crippen LogP contribution in [0, 0.1) is 17.1 Å². The van der Waals surface area contributed by atoms with Crippen molar-refractivity contribution in [3.63, 3.8) is 0 Å². The topological polar surface area (TPSA) is 39.9 Å². The van der Waals surface area contributed by atoms with Gasteiger partial charge in [-0.3, -0.25) is 0 Å². The van der Waals surface area contributed by atoms with Crippen molar-refractivity contribution in [1.82, 2.24) is 4.98 Å². The number of piperidine rings is 1. The van der Waals surface area contributed by atoms with E-state index in [1.54, 1.807) is 6.07 Å². The minimum atomic E-state index is -2.67. The number of halogens is 3. The lowest BCUT2D eigenvalue weighted by Crippen LogP contribution is -2.39. The highest BCUT2D eigenvalue weighted by molar-refractivity contribution is 5.50. The fourth-order valence-electron chi connectivity index (χ4n) is 1.81. The monoisotopic (exact) mass is 241 g/mol. The molecule has 0 N–H and O–H groups in total. The molecule has 90 valence electrons. The molecule has 1 saturated heterocycles. The van der Waals surface area contributed by atoms with E-state index in [0.717, 1.165) is 6.20 Å². The summed E-state index contributed by atoms with van der Waals surface area (Å²) in [5.74, 6) is -3.26. The SMILES string of the molecule is N#Cc1cc(N2CCC(F)(F)CC2)c(F)cn1. The van der Waals surface area contributed by atoms with E-state index in [2.05, 4.69) is 4.98 Å². The van der Waals surface area contributed by atoms with Gasteiger partial charge in [0.1, 0.15) is 11.8 Å². The first kappa shape index (κ1) is 11.7. The minimum absolute atomic E-state index is 0.0821. The van der Waals surface area contributed by atoms with Gasteiger partial charge in [0.2, 0.25) is 0 Å². The fraction of sp³-hybridized carbons (Fsp3) is 0.455. The Balaban J connectivity index is 2.21. The Morgan fingerprint density at radius 3 is 2.59 bits per heavy atom. The molecule has 0 aliphatic carbocycles. The highest BCUT2D eigenvalue weighted by atomic mass is 19.3. The van der Waals surface area contributed by atoms with Gasteiger partial charge in [-0.15, -0.1) is 0 Å². The van der Waals surface area contributed by atoms with Gasteiger partial charge in [-0.25, -0.2) is 18.2 Å². The standard InChI is InChI=1S/C11H10F3N3/c12-9-7-16-8(6-15)5-10(9)17-3-1-11(13,14)2-4-17/h5,7H,1-4H2. The average molecular weight is 241 g/mol. The Morgan fingerprint density at radius 2 is 2.00 bits per heavy atom. The number of rotatable bonds is 1. The van der Waals surface area contributed by atoms with Crippen molar-refractivity contribution < 1.29 is 13.2 Å². The summed E-state index contributed by atoms with van der Waals surface area (Å²) >= 11 is 0. The Bertz CT molecular complexity index is 458. The smallest absolute Gasteiger partial charge is 0.251 e. The molecule has 0 saturated carbocycles. The van der Waals surface area contributed by atoms with Crippen molar-refractivity contribution in [1.29, 1.82) is 5.26 Å². The predicted octanol–water partition coefficient (Wildman–Crippen LogP) is 2.33. The van der Waals surface area contributed by atoms with Crippen LogP contribution in [0.1, 0.15) is 18.5 Å². The number of pyridine rings is 1. The lowest BCUT2D eigenvalue weighted by atomic mass is 10.1. The third-order valence-corrected chi connectivity index (χ3v) is 2.79. The van der Waals surface area contributed by atoms with Crippen LogP contribution in [0.25, 0.3) is 0 Å². The third-order valence-electron chi connectivity index (χ3n) is 2.79. The first-order chi connectivity index (χ1) is 8.02. The molecule has 2 heterocycles. The molecule has 1 fully saturated rings. The molecule has 0 unspecified atom stereocenters. The molecule has 3 nitrogen and oxygen atoms in total. The molecular weight excluding hydrogens is 231 g/mol. The molecule has 0 amide bonds. The molecule has 0 atom stereocenters. The second-order valence-electron chi connectivity index (χ2n) is 3.98. The first-order valence-corrected chi connectivity index (χ1v) is 5.20. The second-order valence-corrected chi connectivity index (χ2v) is 3.98. The second kappa shape index (κ2) is 4.24. The molecule has 0 spiro atoms. The van der Waals surface area contributed by atoms with Crippen molar-refractivity contribution in [3.05, 3.63) is 23.8 Å². The Labute approximate surface area is 96.5 Å². The van der Waals surface area contributed by atoms with Crippen LogP contribution in [-0.2, 0) is 0 Å². The van der Waals surface area contributed by atoms with Crippen LogP contribution < -0.4 is 4.90 Å². The van der Waals surface area contributed by atoms with Crippen molar-refractivity contribution in [2.75, 3.05) is 18.0 Å². The van der Waals surface area contributed by atoms with Gasteiger partial charge in [-0.05, 0) is 0 Å². The number of hydrogen-bond donors (Lipinski definition) is 0. The zero-order chi connectivity index (χ0) is 12.5. The van der Waals surface area contributed by atoms with Gasteiger partial charge in [0, 0.05) is 32.0 Å². The van der Waals surface area contributed by atoms with Gasteiger partial charge in [0.25, 0.3) is 5.92 Å². The van der Waals surface area contributed by atoms with Crippen LogP contribution in [-0.4, -0.2) is 24.0 Å². The van der Waals surface area contributed by atoms with Gasteiger partial charge >= 0.3 is 0 Å². The summed E-state index contributed by atoms with van der Waals surface area (Å²) in [6.45, 7) is 0.164. The van der Waals surface area contributed by atoms with Gasteiger partial charge < -0.3 is 4.90 Å². The number of aromatic nitrogens is 1. The maximum atomic E-state index is 13.5. The molecular formula is C11H10F3N3. The lowest BCUT2D eigenvalue weighted by Gasteiger charge is -2.33. The molecule has 1 aliphatic rings. The summed E-state index contributed by atoms with van der Waals surface area (Å²) < 4.78 is 39.4. The van der Waals surface area contributed by atoms with E-state index in [-0.39, 0.29) is 37.3 Å². The van der Waals surface area contributed by atoms with E-state index in [1.165, 1.54) is 11.0 Å². The highest BCUT2D eigenvalue weighted by Crippen LogP contribution is 2.31. The Hall–Kier alpha value is -1.77. The third kappa shape index (κ3) is 2.49. The Morgan fingerprint density at radius 1 is 1.35 bits per heavy atom. The van der Waals surface area contributed by atoms with Crippen LogP contribution in [0.3, 0.4) is 0 Å². The summed E-state index contributed by atoms with van der Waals surface area (Å²) in [6, 6.07) is 3.09. The van der Waals surface area contributed by atoms with Gasteiger partial charge in [0.15, 0.2) is 5.82 Å². The predicted molar refractivity (Wildman–Crippen MR) is 55.3 cm³/mol. The summed E-state index contributed by atoms with van der Waals surface area (Å²) in [4.78, 5) is 5.09. The molecule has 2 rings (SSSR count). The van der Waals surface area contributed by atoms with Crippen molar-refractivity contribution in [3.8, 4) is 6.07 Å². The van der Waals surface area contributed by atoms with E-state index >= 15 is 0 Å². The molecule has 0 bridgehead atoms. The van der Waals surface area contributed by atoms with Crippen molar-refractivity contribution in [2.45, 2.75) is 18.8 Å². The van der Waals surface area contributed by atoms with Gasteiger partial charge in [0.05, 0.1) is 11.9 Å². The first-order valence-electron chi connectivity index (χ1n) is 5.20. The largest absolute Gasteiger partial charge is 0.369 e. The van der Waals surface area contributed by atoms with E-state index in [4.69, 9.17) is 5.26 Å². The van der Waals surface area contributed by atoms with E-state index in [9.17, 15) is 13.2 Å². The van der Waals surface area contributed by atoms with Crippen molar-refractivity contribution >= 4 is 5.69 Å². The van der Waals surface area contributed by atoms with Crippen LogP contribution in [0.4, 0.5) is 18.9 Å². The number of anilines is 1. The Kier molecular flexibility index (Phi) is 2.92. The summed E-state index contributed by atoms with van der Waals surface area (Å²) in [5.41, 5.74) is 0.255. The van der Waals surface area contributed by atoms with E-state index in [1.807, 2.05) is 0 Å². The number of alkyl halides is 2. The minimum Gasteiger partial charge on any atom is -0.369 e. The van der Waals surface area contributed by atoms with Gasteiger partial charge in [-0.1, -0.05) is 0 Å². The molecule has 0 aromatic carbocycles. The van der Waals surface area contributed by atoms with E-state index in [0.29, 0.717) is 0 Å². The van der Waals surface area contributed by atoms with Crippen LogP contribution in [0.2, 0.25) is 0 Å². The fourth-order valence-corrected chi connectivity index (χ4v) is 1.81. The quantitative estimate of drug-likeness (QED) is 0.757. The summed E-state index contributed by atoms with van der Waals surface area (Å²) in [6.07, 6.45) is 0.355. The molecule has 1 aromatic heterocycles. The average Bonchev–Trinajstić information content (AvgIpc) is 2.30. The van der Waals surface area contributed by atoms with Crippen LogP contribution in [0.5, 0.6) is 0 Å². The van der Waals surface area contributed by atoms with Crippen LogP contribution in [0.15, 0.2) is 12.3 Å². The zero-order valence-electron chi connectivity index (χ0n) is 8.96. The van der Waals surface area contributed by atoms with Crippen LogP contribution >= 0.6 is 0 Å². The maximum absolute atomic E-state index is 13.5. The summed E-state index contributed by atoms with van der Waals surface area (Å²) in [5, 5.41) is 8.66. The lowest BCUT2D eigenvalue weighted by molar-refractivity contribution is -0.0221. The molecule has 6 heteroatoms. The highest BCUT2D eigenvalue weighted by Gasteiger charge is 2.34. The van der Waals surface area contributed by atoms with Crippen molar-refractivity contribution in [2.24, 2.45) is 0 Å². The molecule has 17 heavy (non-hydrogen) atoms. The number of nitriles is 1. The molecule has 0 radical (unpaired) electrons. The number of hydrogen-bond acceptors (Lipinski definition) is 3. The summed E-state index contributed by atoms with van der Waals surface area (Å²) in [7, 11) is 0. The molecule has 1 aromatic rings. The maximum Gasteiger partial charge on any atom is 0.251 e. The zero-order valence-corrected chi connectivity index (χ0v) is 8.96.